The zero-order chi connectivity index (χ0) is 20.2. The van der Waals surface area contributed by atoms with Crippen LogP contribution >= 0.6 is 0 Å². The standard InChI is InChI=1S/C29H30/c1-21-9-6-14-27(19-21)22(2)20-28-15-8-12-24(23(28)3)11-7-13-26-18-17-25-10-4-5-16-29(25)26/h4-6,8-10,12,14-16,18-20H,7,11,13,17H2,1-3H3/b22-20+. The molecule has 0 heteroatoms. The van der Waals surface area contributed by atoms with Gasteiger partial charge < -0.3 is 0 Å². The van der Waals surface area contributed by atoms with Crippen molar-refractivity contribution in [3.8, 4) is 0 Å². The lowest BCUT2D eigenvalue weighted by atomic mass is 9.94. The average Bonchev–Trinajstić information content (AvgIpc) is 3.14. The van der Waals surface area contributed by atoms with Crippen LogP contribution in [0.3, 0.4) is 0 Å². The predicted molar refractivity (Wildman–Crippen MR) is 127 cm³/mol. The molecule has 0 heterocycles. The number of hydrogen-bond donors (Lipinski definition) is 0. The molecule has 0 nitrogen and oxygen atoms in total. The van der Waals surface area contributed by atoms with E-state index >= 15 is 0 Å². The second-order valence-electron chi connectivity index (χ2n) is 8.27. The molecule has 0 unspecified atom stereocenters. The van der Waals surface area contributed by atoms with Crippen molar-refractivity contribution in [1.29, 1.82) is 0 Å². The van der Waals surface area contributed by atoms with E-state index in [1.807, 2.05) is 0 Å². The summed E-state index contributed by atoms with van der Waals surface area (Å²) < 4.78 is 0. The molecule has 29 heavy (non-hydrogen) atoms. The zero-order valence-corrected chi connectivity index (χ0v) is 17.8. The van der Waals surface area contributed by atoms with Crippen molar-refractivity contribution in [2.24, 2.45) is 0 Å². The third-order valence-electron chi connectivity index (χ3n) is 6.16. The Morgan fingerprint density at radius 1 is 0.897 bits per heavy atom. The molecule has 0 spiro atoms. The largest absolute Gasteiger partial charge is 0.0763 e. The Morgan fingerprint density at radius 3 is 2.59 bits per heavy atom. The Balaban J connectivity index is 1.45. The topological polar surface area (TPSA) is 0 Å². The highest BCUT2D eigenvalue weighted by molar-refractivity contribution is 5.81. The van der Waals surface area contributed by atoms with Crippen molar-refractivity contribution >= 4 is 17.2 Å². The Morgan fingerprint density at radius 2 is 1.72 bits per heavy atom. The van der Waals surface area contributed by atoms with Crippen LogP contribution in [0.1, 0.15) is 58.7 Å². The number of benzene rings is 3. The third-order valence-corrected chi connectivity index (χ3v) is 6.16. The minimum atomic E-state index is 1.10. The normalized spacial score (nSPS) is 13.3. The molecule has 1 aliphatic carbocycles. The van der Waals surface area contributed by atoms with Gasteiger partial charge in [-0.3, -0.25) is 0 Å². The average molecular weight is 379 g/mol. The summed E-state index contributed by atoms with van der Waals surface area (Å²) in [6.07, 6.45) is 9.36. The quantitative estimate of drug-likeness (QED) is 0.383. The van der Waals surface area contributed by atoms with Crippen LogP contribution in [-0.4, -0.2) is 0 Å². The number of hydrogen-bond acceptors (Lipinski definition) is 0. The monoisotopic (exact) mass is 378 g/mol. The molecule has 0 bridgehead atoms. The van der Waals surface area contributed by atoms with Crippen LogP contribution in [0.4, 0.5) is 0 Å². The first-order valence-electron chi connectivity index (χ1n) is 10.7. The summed E-state index contributed by atoms with van der Waals surface area (Å²) in [5, 5.41) is 0. The van der Waals surface area contributed by atoms with Crippen molar-refractivity contribution in [1.82, 2.24) is 0 Å². The van der Waals surface area contributed by atoms with Crippen molar-refractivity contribution in [3.63, 3.8) is 0 Å². The van der Waals surface area contributed by atoms with Gasteiger partial charge in [-0.2, -0.15) is 0 Å². The van der Waals surface area contributed by atoms with Gasteiger partial charge in [0, 0.05) is 0 Å². The molecule has 0 N–H and O–H groups in total. The van der Waals surface area contributed by atoms with Gasteiger partial charge in [0.1, 0.15) is 0 Å². The summed E-state index contributed by atoms with van der Waals surface area (Å²) >= 11 is 0. The van der Waals surface area contributed by atoms with Crippen LogP contribution in [0.25, 0.3) is 17.2 Å². The first-order valence-corrected chi connectivity index (χ1v) is 10.7. The number of fused-ring (bicyclic) bond motifs is 1. The molecule has 0 saturated carbocycles. The molecule has 0 saturated heterocycles. The highest BCUT2D eigenvalue weighted by Crippen LogP contribution is 2.31. The summed E-state index contributed by atoms with van der Waals surface area (Å²) in [5.41, 5.74) is 12.7. The smallest absolute Gasteiger partial charge is 0.00854 e. The lowest BCUT2D eigenvalue weighted by molar-refractivity contribution is 0.848. The lowest BCUT2D eigenvalue weighted by Crippen LogP contribution is -1.94. The second-order valence-corrected chi connectivity index (χ2v) is 8.27. The third kappa shape index (κ3) is 4.43. The van der Waals surface area contributed by atoms with Gasteiger partial charge in [0.05, 0.1) is 0 Å². The van der Waals surface area contributed by atoms with E-state index in [1.54, 1.807) is 0 Å². The van der Waals surface area contributed by atoms with Gasteiger partial charge in [0.15, 0.2) is 0 Å². The first-order chi connectivity index (χ1) is 14.1. The van der Waals surface area contributed by atoms with E-state index in [2.05, 4.69) is 99.7 Å². The van der Waals surface area contributed by atoms with Gasteiger partial charge in [-0.1, -0.05) is 84.4 Å². The molecule has 0 aromatic heterocycles. The maximum Gasteiger partial charge on any atom is -0.00854 e. The molecule has 0 fully saturated rings. The van der Waals surface area contributed by atoms with Crippen LogP contribution in [0.5, 0.6) is 0 Å². The summed E-state index contributed by atoms with van der Waals surface area (Å²) in [6, 6.07) is 24.4. The van der Waals surface area contributed by atoms with Crippen LogP contribution in [0.15, 0.2) is 72.8 Å². The molecule has 0 radical (unpaired) electrons. The molecule has 3 aromatic rings. The van der Waals surface area contributed by atoms with E-state index in [-0.39, 0.29) is 0 Å². The van der Waals surface area contributed by atoms with Crippen LogP contribution in [0, 0.1) is 13.8 Å². The Hall–Kier alpha value is -2.86. The molecule has 0 aliphatic heterocycles. The van der Waals surface area contributed by atoms with E-state index in [0.29, 0.717) is 0 Å². The molecular weight excluding hydrogens is 348 g/mol. The van der Waals surface area contributed by atoms with Crippen molar-refractivity contribution in [2.75, 3.05) is 0 Å². The SMILES string of the molecule is C/C(=C\c1cccc(CCCC2=CCc3ccccc32)c1C)c1cccc(C)c1. The van der Waals surface area contributed by atoms with Crippen molar-refractivity contribution in [2.45, 2.75) is 46.5 Å². The van der Waals surface area contributed by atoms with E-state index in [9.17, 15) is 0 Å². The van der Waals surface area contributed by atoms with Gasteiger partial charge in [0.25, 0.3) is 0 Å². The fraction of sp³-hybridized carbons (Fsp3) is 0.241. The maximum atomic E-state index is 2.42. The number of aryl methyl sites for hydroxylation is 2. The second kappa shape index (κ2) is 8.66. The summed E-state index contributed by atoms with van der Waals surface area (Å²) in [4.78, 5) is 0. The Labute approximate surface area is 175 Å². The molecular formula is C29H30. The molecule has 0 atom stereocenters. The fourth-order valence-corrected chi connectivity index (χ4v) is 4.40. The highest BCUT2D eigenvalue weighted by atomic mass is 14.2. The van der Waals surface area contributed by atoms with Gasteiger partial charge in [-0.15, -0.1) is 0 Å². The molecule has 1 aliphatic rings. The van der Waals surface area contributed by atoms with Gasteiger partial charge in [-0.25, -0.2) is 0 Å². The Kier molecular flexibility index (Phi) is 5.81. The number of allylic oxidation sites excluding steroid dienone is 3. The fourth-order valence-electron chi connectivity index (χ4n) is 4.40. The van der Waals surface area contributed by atoms with E-state index < -0.39 is 0 Å². The van der Waals surface area contributed by atoms with Crippen molar-refractivity contribution in [3.05, 3.63) is 112 Å². The first kappa shape index (κ1) is 19.5. The minimum Gasteiger partial charge on any atom is -0.0763 e. The Bertz CT molecular complexity index is 1080. The summed E-state index contributed by atoms with van der Waals surface area (Å²) in [7, 11) is 0. The van der Waals surface area contributed by atoms with Crippen LogP contribution in [-0.2, 0) is 12.8 Å². The van der Waals surface area contributed by atoms with E-state index in [1.165, 1.54) is 62.9 Å². The van der Waals surface area contributed by atoms with E-state index in [4.69, 9.17) is 0 Å². The van der Waals surface area contributed by atoms with E-state index in [0.717, 1.165) is 12.8 Å². The summed E-state index contributed by atoms with van der Waals surface area (Å²) in [5.74, 6) is 0. The molecule has 4 rings (SSSR count). The van der Waals surface area contributed by atoms with Gasteiger partial charge >= 0.3 is 0 Å². The minimum absolute atomic E-state index is 1.10. The summed E-state index contributed by atoms with van der Waals surface area (Å²) in [6.45, 7) is 6.64. The molecule has 0 amide bonds. The van der Waals surface area contributed by atoms with Crippen LogP contribution < -0.4 is 0 Å². The van der Waals surface area contributed by atoms with Gasteiger partial charge in [0.2, 0.25) is 0 Å². The molecule has 3 aromatic carbocycles. The number of rotatable bonds is 6. The zero-order valence-electron chi connectivity index (χ0n) is 17.8. The molecule has 146 valence electrons. The predicted octanol–water partition coefficient (Wildman–Crippen LogP) is 7.83. The maximum absolute atomic E-state index is 2.42. The van der Waals surface area contributed by atoms with Crippen molar-refractivity contribution < 1.29 is 0 Å². The highest BCUT2D eigenvalue weighted by Gasteiger charge is 2.13. The van der Waals surface area contributed by atoms with Gasteiger partial charge in [-0.05, 0) is 91.0 Å². The van der Waals surface area contributed by atoms with Crippen LogP contribution in [0.2, 0.25) is 0 Å². The lowest BCUT2D eigenvalue weighted by Gasteiger charge is -2.11.